The van der Waals surface area contributed by atoms with Gasteiger partial charge in [0.25, 0.3) is 0 Å². The fraction of sp³-hybridized carbons (Fsp3) is 0.182. The van der Waals surface area contributed by atoms with Gasteiger partial charge in [-0.3, -0.25) is 0 Å². The largest absolute Gasteiger partial charge is 0.222 e. The highest BCUT2D eigenvalue weighted by Gasteiger charge is 2.12. The van der Waals surface area contributed by atoms with Crippen LogP contribution in [0.15, 0.2) is 30.3 Å². The second-order valence-corrected chi connectivity index (χ2v) is 3.86. The van der Waals surface area contributed by atoms with Crippen LogP contribution < -0.4 is 0 Å². The third-order valence-corrected chi connectivity index (χ3v) is 2.91. The van der Waals surface area contributed by atoms with Crippen molar-refractivity contribution in [2.45, 2.75) is 12.8 Å². The summed E-state index contributed by atoms with van der Waals surface area (Å²) in [5, 5.41) is 4.94. The van der Waals surface area contributed by atoms with Crippen molar-refractivity contribution in [3.05, 3.63) is 46.7 Å². The number of aromatic nitrogens is 2. The normalized spacial score (nSPS) is 10.6. The van der Waals surface area contributed by atoms with Gasteiger partial charge in [-0.25, -0.2) is 4.68 Å². The third-order valence-electron chi connectivity index (χ3n) is 2.26. The zero-order valence-corrected chi connectivity index (χ0v) is 9.76. The molecular weight excluding hydrogens is 231 g/mol. The summed E-state index contributed by atoms with van der Waals surface area (Å²) in [6.45, 7) is 1.91. The minimum atomic E-state index is 0.386. The van der Waals surface area contributed by atoms with Crippen LogP contribution in [0.25, 0.3) is 5.69 Å². The van der Waals surface area contributed by atoms with E-state index in [0.717, 1.165) is 16.9 Å². The molecule has 0 unspecified atom stereocenters. The Morgan fingerprint density at radius 1 is 1.27 bits per heavy atom. The fourth-order valence-electron chi connectivity index (χ4n) is 1.42. The molecule has 1 heterocycles. The third kappa shape index (κ3) is 1.87. The zero-order valence-electron chi connectivity index (χ0n) is 8.24. The number of benzene rings is 1. The summed E-state index contributed by atoms with van der Waals surface area (Å²) < 4.78 is 1.70. The molecule has 0 aliphatic heterocycles. The van der Waals surface area contributed by atoms with Gasteiger partial charge in [0, 0.05) is 5.56 Å². The Hall–Kier alpha value is -0.990. The van der Waals surface area contributed by atoms with Gasteiger partial charge in [-0.2, -0.15) is 5.10 Å². The molecule has 2 nitrogen and oxygen atoms in total. The molecule has 0 saturated heterocycles. The Bertz CT molecular complexity index is 463. The van der Waals surface area contributed by atoms with Gasteiger partial charge in [-0.15, -0.1) is 11.6 Å². The predicted octanol–water partition coefficient (Wildman–Crippen LogP) is 3.57. The monoisotopic (exact) mass is 240 g/mol. The van der Waals surface area contributed by atoms with Crippen LogP contribution in [0.3, 0.4) is 0 Å². The molecule has 1 aromatic heterocycles. The van der Waals surface area contributed by atoms with E-state index in [-0.39, 0.29) is 0 Å². The minimum absolute atomic E-state index is 0.386. The van der Waals surface area contributed by atoms with Gasteiger partial charge >= 0.3 is 0 Å². The zero-order chi connectivity index (χ0) is 10.8. The quantitative estimate of drug-likeness (QED) is 0.735. The number of halogens is 2. The first-order chi connectivity index (χ1) is 7.24. The molecule has 0 radical (unpaired) electrons. The highest BCUT2D eigenvalue weighted by atomic mass is 35.5. The molecule has 2 aromatic rings. The summed E-state index contributed by atoms with van der Waals surface area (Å²) in [5.74, 6) is 0.386. The van der Waals surface area contributed by atoms with Gasteiger partial charge in [-0.05, 0) is 19.1 Å². The van der Waals surface area contributed by atoms with E-state index in [2.05, 4.69) is 5.10 Å². The van der Waals surface area contributed by atoms with E-state index in [0.29, 0.717) is 11.0 Å². The molecule has 0 N–H and O–H groups in total. The molecule has 1 aromatic carbocycles. The summed E-state index contributed by atoms with van der Waals surface area (Å²) >= 11 is 12.0. The Balaban J connectivity index is 2.55. The molecule has 4 heteroatoms. The molecule has 0 aliphatic carbocycles. The molecule has 0 amide bonds. The lowest BCUT2D eigenvalue weighted by Gasteiger charge is -2.01. The van der Waals surface area contributed by atoms with Gasteiger partial charge in [0.2, 0.25) is 0 Å². The van der Waals surface area contributed by atoms with E-state index in [1.807, 2.05) is 37.3 Å². The van der Waals surface area contributed by atoms with Crippen molar-refractivity contribution >= 4 is 23.2 Å². The van der Waals surface area contributed by atoms with Crippen molar-refractivity contribution in [3.63, 3.8) is 0 Å². The summed E-state index contributed by atoms with van der Waals surface area (Å²) in [6, 6.07) is 9.76. The predicted molar refractivity (Wildman–Crippen MR) is 62.9 cm³/mol. The van der Waals surface area contributed by atoms with Gasteiger partial charge in [0.05, 0.1) is 17.3 Å². The Kier molecular flexibility index (Phi) is 2.98. The number of nitrogens with zero attached hydrogens (tertiary/aromatic N) is 2. The van der Waals surface area contributed by atoms with Gasteiger partial charge in [0.1, 0.15) is 5.15 Å². The van der Waals surface area contributed by atoms with Crippen molar-refractivity contribution in [1.29, 1.82) is 0 Å². The highest BCUT2D eigenvalue weighted by molar-refractivity contribution is 6.31. The Labute approximate surface area is 98.4 Å². The number of hydrogen-bond donors (Lipinski definition) is 0. The number of rotatable bonds is 2. The van der Waals surface area contributed by atoms with Gasteiger partial charge < -0.3 is 0 Å². The van der Waals surface area contributed by atoms with Crippen molar-refractivity contribution in [2.24, 2.45) is 0 Å². The molecule has 0 bridgehead atoms. The number of alkyl halides is 1. The lowest BCUT2D eigenvalue weighted by atomic mass is 10.3. The first-order valence-electron chi connectivity index (χ1n) is 4.59. The van der Waals surface area contributed by atoms with Crippen LogP contribution in [0, 0.1) is 6.92 Å². The first-order valence-corrected chi connectivity index (χ1v) is 5.50. The van der Waals surface area contributed by atoms with E-state index >= 15 is 0 Å². The van der Waals surface area contributed by atoms with E-state index < -0.39 is 0 Å². The van der Waals surface area contributed by atoms with Crippen LogP contribution in [-0.4, -0.2) is 9.78 Å². The van der Waals surface area contributed by atoms with Crippen LogP contribution in [-0.2, 0) is 5.88 Å². The van der Waals surface area contributed by atoms with Crippen LogP contribution >= 0.6 is 23.2 Å². The van der Waals surface area contributed by atoms with E-state index in [1.165, 1.54) is 0 Å². The fourth-order valence-corrected chi connectivity index (χ4v) is 2.15. The molecule has 2 rings (SSSR count). The lowest BCUT2D eigenvalue weighted by Crippen LogP contribution is -1.95. The molecule has 0 saturated carbocycles. The van der Waals surface area contributed by atoms with E-state index in [4.69, 9.17) is 23.2 Å². The number of hydrogen-bond acceptors (Lipinski definition) is 1. The molecule has 0 atom stereocenters. The highest BCUT2D eigenvalue weighted by Crippen LogP contribution is 2.24. The van der Waals surface area contributed by atoms with Gasteiger partial charge in [0.15, 0.2) is 0 Å². The van der Waals surface area contributed by atoms with E-state index in [1.54, 1.807) is 4.68 Å². The molecule has 0 spiro atoms. The van der Waals surface area contributed by atoms with Crippen LogP contribution in [0.1, 0.15) is 11.3 Å². The van der Waals surface area contributed by atoms with Crippen molar-refractivity contribution in [1.82, 2.24) is 9.78 Å². The summed E-state index contributed by atoms with van der Waals surface area (Å²) in [4.78, 5) is 0. The maximum atomic E-state index is 6.18. The smallest absolute Gasteiger partial charge is 0.137 e. The second kappa shape index (κ2) is 4.25. The molecule has 15 heavy (non-hydrogen) atoms. The number of para-hydroxylation sites is 1. The topological polar surface area (TPSA) is 17.8 Å². The van der Waals surface area contributed by atoms with Crippen molar-refractivity contribution in [2.75, 3.05) is 0 Å². The standard InChI is InChI=1S/C11H10Cl2N2/c1-8-10(7-12)11(13)15(14-8)9-5-3-2-4-6-9/h2-6H,7H2,1H3. The molecule has 78 valence electrons. The second-order valence-electron chi connectivity index (χ2n) is 3.24. The molecule has 0 aliphatic rings. The first kappa shape index (κ1) is 10.5. The summed E-state index contributed by atoms with van der Waals surface area (Å²) in [7, 11) is 0. The van der Waals surface area contributed by atoms with Crippen molar-refractivity contribution < 1.29 is 0 Å². The van der Waals surface area contributed by atoms with Crippen LogP contribution in [0.5, 0.6) is 0 Å². The number of aryl methyl sites for hydroxylation is 1. The maximum absolute atomic E-state index is 6.18. The summed E-state index contributed by atoms with van der Waals surface area (Å²) in [5.41, 5.74) is 2.71. The van der Waals surface area contributed by atoms with Crippen molar-refractivity contribution in [3.8, 4) is 5.69 Å². The average Bonchev–Trinajstić information content (AvgIpc) is 2.55. The maximum Gasteiger partial charge on any atom is 0.137 e. The van der Waals surface area contributed by atoms with Crippen LogP contribution in [0.4, 0.5) is 0 Å². The molecule has 0 fully saturated rings. The van der Waals surface area contributed by atoms with Gasteiger partial charge in [-0.1, -0.05) is 29.8 Å². The average molecular weight is 241 g/mol. The Morgan fingerprint density at radius 2 is 1.93 bits per heavy atom. The Morgan fingerprint density at radius 3 is 2.47 bits per heavy atom. The molecular formula is C11H10Cl2N2. The summed E-state index contributed by atoms with van der Waals surface area (Å²) in [6.07, 6.45) is 0. The lowest BCUT2D eigenvalue weighted by molar-refractivity contribution is 0.863. The van der Waals surface area contributed by atoms with E-state index in [9.17, 15) is 0 Å². The van der Waals surface area contributed by atoms with Crippen LogP contribution in [0.2, 0.25) is 5.15 Å². The minimum Gasteiger partial charge on any atom is -0.222 e. The SMILES string of the molecule is Cc1nn(-c2ccccc2)c(Cl)c1CCl.